The van der Waals surface area contributed by atoms with Gasteiger partial charge in [-0.1, -0.05) is 41.4 Å². The van der Waals surface area contributed by atoms with Crippen molar-refractivity contribution < 1.29 is 5.11 Å². The Morgan fingerprint density at radius 2 is 1.79 bits per heavy atom. The first-order valence-corrected chi connectivity index (χ1v) is 9.54. The molecule has 0 bridgehead atoms. The number of rotatable bonds is 6. The lowest BCUT2D eigenvalue weighted by atomic mass is 10.1. The normalized spacial score (nSPS) is 11.5. The first kappa shape index (κ1) is 20.1. The minimum absolute atomic E-state index is 0.264. The molecule has 1 heterocycles. The number of aromatic nitrogens is 2. The van der Waals surface area contributed by atoms with Gasteiger partial charge in [0.25, 0.3) is 0 Å². The van der Waals surface area contributed by atoms with Gasteiger partial charge in [-0.05, 0) is 50.1 Å². The molecule has 0 saturated heterocycles. The maximum Gasteiger partial charge on any atom is 0.222 e. The van der Waals surface area contributed by atoms with Gasteiger partial charge in [0.15, 0.2) is 0 Å². The van der Waals surface area contributed by atoms with Crippen molar-refractivity contribution in [2.45, 2.75) is 20.3 Å². The fourth-order valence-electron chi connectivity index (χ4n) is 2.72. The molecular weight excluding hydrogens is 395 g/mol. The number of hydrogen-bond acceptors (Lipinski definition) is 5. The Bertz CT molecular complexity index is 984. The second kappa shape index (κ2) is 9.04. The van der Waals surface area contributed by atoms with E-state index >= 15 is 0 Å². The average Bonchev–Trinajstić information content (AvgIpc) is 2.65. The third-order valence-electron chi connectivity index (χ3n) is 4.20. The number of aliphatic imine (C=N–C) groups is 1. The largest absolute Gasteiger partial charge is 0.508 e. The molecule has 0 fully saturated rings. The van der Waals surface area contributed by atoms with Crippen LogP contribution in [0.4, 0.5) is 11.6 Å². The van der Waals surface area contributed by atoms with E-state index in [1.807, 2.05) is 26.0 Å². The Kier molecular flexibility index (Phi) is 6.49. The second-order valence-corrected chi connectivity index (χ2v) is 7.12. The molecule has 144 valence electrons. The molecule has 3 aromatic rings. The number of hydrogen-bond donors (Lipinski definition) is 2. The van der Waals surface area contributed by atoms with Crippen LogP contribution >= 0.6 is 23.2 Å². The van der Waals surface area contributed by atoms with Crippen molar-refractivity contribution in [3.05, 3.63) is 75.5 Å². The lowest BCUT2D eigenvalue weighted by Crippen LogP contribution is -2.08. The summed E-state index contributed by atoms with van der Waals surface area (Å²) in [4.78, 5) is 13.4. The van der Waals surface area contributed by atoms with Crippen LogP contribution in [0.1, 0.15) is 23.7 Å². The monoisotopic (exact) mass is 414 g/mol. The first-order chi connectivity index (χ1) is 13.4. The van der Waals surface area contributed by atoms with Gasteiger partial charge in [-0.3, -0.25) is 0 Å². The van der Waals surface area contributed by atoms with Crippen LogP contribution in [0.2, 0.25) is 10.0 Å². The summed E-state index contributed by atoms with van der Waals surface area (Å²) < 4.78 is 0. The molecule has 1 aromatic heterocycles. The summed E-state index contributed by atoms with van der Waals surface area (Å²) in [5, 5.41) is 13.6. The van der Waals surface area contributed by atoms with E-state index in [2.05, 4.69) is 20.3 Å². The number of benzene rings is 2. The van der Waals surface area contributed by atoms with Crippen molar-refractivity contribution >= 4 is 40.5 Å². The number of aromatic hydroxyl groups is 1. The lowest BCUT2D eigenvalue weighted by Gasteiger charge is -2.09. The highest BCUT2D eigenvalue weighted by atomic mass is 35.5. The molecule has 0 aliphatic rings. The molecule has 0 radical (unpaired) electrons. The Balaban J connectivity index is 1.69. The molecular formula is C21H20Cl2N4O. The van der Waals surface area contributed by atoms with Crippen LogP contribution in [0.25, 0.3) is 0 Å². The standard InChI is InChI=1S/C21H20Cl2N4O/c1-13-19(26-14(2)20-17(22)4-3-5-18(20)23)12-25-21(27-13)24-11-10-15-6-8-16(28)9-7-15/h3-9,12,28H,10-11H2,1-2H3,(H,24,25,27). The topological polar surface area (TPSA) is 70.4 Å². The number of phenolic OH excluding ortho intramolecular Hbond substituents is 1. The summed E-state index contributed by atoms with van der Waals surface area (Å²) in [5.41, 5.74) is 3.95. The fourth-order valence-corrected chi connectivity index (χ4v) is 3.39. The molecule has 2 N–H and O–H groups in total. The highest BCUT2D eigenvalue weighted by Crippen LogP contribution is 2.27. The minimum Gasteiger partial charge on any atom is -0.508 e. The van der Waals surface area contributed by atoms with Gasteiger partial charge >= 0.3 is 0 Å². The van der Waals surface area contributed by atoms with Gasteiger partial charge in [-0.15, -0.1) is 0 Å². The number of halogens is 2. The third-order valence-corrected chi connectivity index (χ3v) is 4.83. The van der Waals surface area contributed by atoms with Crippen LogP contribution in [0.5, 0.6) is 5.75 Å². The van der Waals surface area contributed by atoms with Crippen LogP contribution in [0.3, 0.4) is 0 Å². The molecule has 28 heavy (non-hydrogen) atoms. The first-order valence-electron chi connectivity index (χ1n) is 8.79. The smallest absolute Gasteiger partial charge is 0.222 e. The quantitative estimate of drug-likeness (QED) is 0.515. The van der Waals surface area contributed by atoms with Crippen molar-refractivity contribution in [3.8, 4) is 5.75 Å². The van der Waals surface area contributed by atoms with Gasteiger partial charge < -0.3 is 10.4 Å². The van der Waals surface area contributed by atoms with Crippen LogP contribution in [-0.2, 0) is 6.42 Å². The zero-order chi connectivity index (χ0) is 20.1. The molecule has 7 heteroatoms. The van der Waals surface area contributed by atoms with E-state index in [9.17, 15) is 5.11 Å². The van der Waals surface area contributed by atoms with Crippen LogP contribution in [-0.4, -0.2) is 27.3 Å². The van der Waals surface area contributed by atoms with Crippen molar-refractivity contribution in [2.75, 3.05) is 11.9 Å². The highest BCUT2D eigenvalue weighted by molar-refractivity contribution is 6.40. The number of anilines is 1. The summed E-state index contributed by atoms with van der Waals surface area (Å²) >= 11 is 12.5. The van der Waals surface area contributed by atoms with Crippen molar-refractivity contribution in [3.63, 3.8) is 0 Å². The van der Waals surface area contributed by atoms with E-state index < -0.39 is 0 Å². The Morgan fingerprint density at radius 3 is 2.43 bits per heavy atom. The molecule has 5 nitrogen and oxygen atoms in total. The summed E-state index contributed by atoms with van der Waals surface area (Å²) in [6.07, 6.45) is 2.48. The number of nitrogens with zero attached hydrogens (tertiary/aromatic N) is 3. The van der Waals surface area contributed by atoms with E-state index in [1.165, 1.54) is 0 Å². The van der Waals surface area contributed by atoms with Gasteiger partial charge in [-0.25, -0.2) is 15.0 Å². The maximum atomic E-state index is 9.32. The van der Waals surface area contributed by atoms with E-state index in [-0.39, 0.29) is 5.75 Å². The van der Waals surface area contributed by atoms with E-state index in [1.54, 1.807) is 36.5 Å². The molecule has 0 spiro atoms. The average molecular weight is 415 g/mol. The zero-order valence-corrected chi connectivity index (χ0v) is 17.1. The molecule has 0 aliphatic heterocycles. The Labute approximate surface area is 174 Å². The third kappa shape index (κ3) is 5.00. The summed E-state index contributed by atoms with van der Waals surface area (Å²) in [6, 6.07) is 12.5. The van der Waals surface area contributed by atoms with Crippen molar-refractivity contribution in [2.24, 2.45) is 4.99 Å². The molecule has 0 unspecified atom stereocenters. The molecule has 2 aromatic carbocycles. The molecule has 0 amide bonds. The molecule has 3 rings (SSSR count). The lowest BCUT2D eigenvalue weighted by molar-refractivity contribution is 0.475. The van der Waals surface area contributed by atoms with Crippen molar-refractivity contribution in [1.29, 1.82) is 0 Å². The molecule has 0 aliphatic carbocycles. The van der Waals surface area contributed by atoms with E-state index in [4.69, 9.17) is 23.2 Å². The van der Waals surface area contributed by atoms with Crippen LogP contribution < -0.4 is 5.32 Å². The maximum absolute atomic E-state index is 9.32. The summed E-state index contributed by atoms with van der Waals surface area (Å²) in [5.74, 6) is 0.809. The van der Waals surface area contributed by atoms with Gasteiger partial charge in [0.05, 0.1) is 21.9 Å². The Morgan fingerprint density at radius 1 is 1.11 bits per heavy atom. The van der Waals surface area contributed by atoms with Crippen molar-refractivity contribution in [1.82, 2.24) is 9.97 Å². The summed E-state index contributed by atoms with van der Waals surface area (Å²) in [7, 11) is 0. The number of aryl methyl sites for hydroxylation is 1. The van der Waals surface area contributed by atoms with Gasteiger partial charge in [-0.2, -0.15) is 0 Å². The highest BCUT2D eigenvalue weighted by Gasteiger charge is 2.10. The van der Waals surface area contributed by atoms with E-state index in [0.29, 0.717) is 39.5 Å². The predicted molar refractivity (Wildman–Crippen MR) is 115 cm³/mol. The molecule has 0 saturated carbocycles. The van der Waals surface area contributed by atoms with Gasteiger partial charge in [0.2, 0.25) is 5.95 Å². The number of nitrogens with one attached hydrogen (secondary N) is 1. The fraction of sp³-hybridized carbons (Fsp3) is 0.190. The minimum atomic E-state index is 0.264. The SMILES string of the molecule is CC(=Nc1cnc(NCCc2ccc(O)cc2)nc1C)c1c(Cl)cccc1Cl. The zero-order valence-electron chi connectivity index (χ0n) is 15.6. The molecule has 0 atom stereocenters. The van der Waals surface area contributed by atoms with Crippen LogP contribution in [0.15, 0.2) is 53.7 Å². The van der Waals surface area contributed by atoms with E-state index in [0.717, 1.165) is 17.7 Å². The van der Waals surface area contributed by atoms with Crippen LogP contribution in [0, 0.1) is 6.92 Å². The number of phenols is 1. The Hall–Kier alpha value is -2.63. The second-order valence-electron chi connectivity index (χ2n) is 6.30. The predicted octanol–water partition coefficient (Wildman–Crippen LogP) is 5.59. The summed E-state index contributed by atoms with van der Waals surface area (Å²) in [6.45, 7) is 4.42. The van der Waals surface area contributed by atoms with Gasteiger partial charge in [0.1, 0.15) is 11.4 Å². The van der Waals surface area contributed by atoms with Gasteiger partial charge in [0, 0.05) is 17.8 Å².